The minimum atomic E-state index is 0.351. The van der Waals surface area contributed by atoms with E-state index in [2.05, 4.69) is 13.8 Å². The van der Waals surface area contributed by atoms with Crippen LogP contribution in [0.3, 0.4) is 0 Å². The lowest BCUT2D eigenvalue weighted by atomic mass is 10.00. The summed E-state index contributed by atoms with van der Waals surface area (Å²) in [5.74, 6) is 1.06. The van der Waals surface area contributed by atoms with E-state index in [4.69, 9.17) is 0 Å². The van der Waals surface area contributed by atoms with Gasteiger partial charge in [-0.1, -0.05) is 13.8 Å². The Kier molecular flexibility index (Phi) is 3.57. The highest BCUT2D eigenvalue weighted by Gasteiger charge is 2.19. The minimum absolute atomic E-state index is 0.351. The Hall–Kier alpha value is -0.530. The lowest BCUT2D eigenvalue weighted by Gasteiger charge is -2.30. The first kappa shape index (κ1) is 9.56. The van der Waals surface area contributed by atoms with Gasteiger partial charge in [0.05, 0.1) is 0 Å². The summed E-state index contributed by atoms with van der Waals surface area (Å²) in [7, 11) is 0. The van der Waals surface area contributed by atoms with E-state index in [-0.39, 0.29) is 0 Å². The summed E-state index contributed by atoms with van der Waals surface area (Å²) in [6.45, 7) is 6.26. The van der Waals surface area contributed by atoms with Gasteiger partial charge < -0.3 is 4.90 Å². The van der Waals surface area contributed by atoms with Crippen molar-refractivity contribution in [2.24, 2.45) is 5.92 Å². The Labute approximate surface area is 74.9 Å². The maximum Gasteiger partial charge on any atom is 0.222 e. The number of carbonyl (C=O) groups is 1. The van der Waals surface area contributed by atoms with Gasteiger partial charge in [-0.15, -0.1) is 0 Å². The van der Waals surface area contributed by atoms with Crippen LogP contribution in [0.5, 0.6) is 0 Å². The minimum Gasteiger partial charge on any atom is -0.342 e. The van der Waals surface area contributed by atoms with E-state index in [1.54, 1.807) is 0 Å². The molecule has 0 aromatic rings. The molecule has 0 aromatic heterocycles. The van der Waals surface area contributed by atoms with E-state index >= 15 is 0 Å². The summed E-state index contributed by atoms with van der Waals surface area (Å²) in [5, 5.41) is 0. The van der Waals surface area contributed by atoms with E-state index in [1.165, 1.54) is 12.8 Å². The Morgan fingerprint density at radius 1 is 1.58 bits per heavy atom. The van der Waals surface area contributed by atoms with Crippen molar-refractivity contribution in [1.29, 1.82) is 0 Å². The number of amides is 1. The molecule has 0 radical (unpaired) electrons. The molecule has 12 heavy (non-hydrogen) atoms. The molecule has 1 amide bonds. The first-order valence-electron chi connectivity index (χ1n) is 5.01. The zero-order valence-corrected chi connectivity index (χ0v) is 8.18. The Morgan fingerprint density at radius 3 is 2.92 bits per heavy atom. The molecule has 1 rings (SSSR count). The van der Waals surface area contributed by atoms with Crippen LogP contribution in [-0.2, 0) is 4.79 Å². The molecule has 0 saturated carbocycles. The number of carbonyl (C=O) groups excluding carboxylic acids is 1. The molecule has 0 aromatic carbocycles. The van der Waals surface area contributed by atoms with Crippen molar-refractivity contribution in [3.8, 4) is 0 Å². The van der Waals surface area contributed by atoms with Crippen LogP contribution in [0.2, 0.25) is 0 Å². The lowest BCUT2D eigenvalue weighted by Crippen LogP contribution is -2.38. The molecule has 2 nitrogen and oxygen atoms in total. The zero-order valence-electron chi connectivity index (χ0n) is 8.18. The van der Waals surface area contributed by atoms with E-state index in [0.717, 1.165) is 25.9 Å². The van der Waals surface area contributed by atoms with Crippen molar-refractivity contribution < 1.29 is 4.79 Å². The number of piperidine rings is 1. The SMILES string of the molecule is CCCC(=O)N1CCC[C@H](C)C1. The summed E-state index contributed by atoms with van der Waals surface area (Å²) in [6.07, 6.45) is 4.18. The summed E-state index contributed by atoms with van der Waals surface area (Å²) in [6, 6.07) is 0. The molecular formula is C10H19NO. The van der Waals surface area contributed by atoms with Crippen LogP contribution < -0.4 is 0 Å². The average Bonchev–Trinajstić information content (AvgIpc) is 2.05. The molecule has 1 saturated heterocycles. The molecule has 1 aliphatic rings. The van der Waals surface area contributed by atoms with Crippen LogP contribution in [0.15, 0.2) is 0 Å². The largest absolute Gasteiger partial charge is 0.342 e. The molecule has 0 N–H and O–H groups in total. The van der Waals surface area contributed by atoms with Crippen molar-refractivity contribution in [3.05, 3.63) is 0 Å². The van der Waals surface area contributed by atoms with Gasteiger partial charge in [-0.05, 0) is 25.2 Å². The summed E-state index contributed by atoms with van der Waals surface area (Å²) < 4.78 is 0. The van der Waals surface area contributed by atoms with Crippen molar-refractivity contribution in [2.45, 2.75) is 39.5 Å². The molecule has 0 aliphatic carbocycles. The van der Waals surface area contributed by atoms with Gasteiger partial charge in [-0.3, -0.25) is 4.79 Å². The normalized spacial score (nSPS) is 24.2. The molecule has 0 unspecified atom stereocenters. The van der Waals surface area contributed by atoms with Gasteiger partial charge in [0.25, 0.3) is 0 Å². The standard InChI is InChI=1S/C10H19NO/c1-3-5-10(12)11-7-4-6-9(2)8-11/h9H,3-8H2,1-2H3/t9-/m0/s1. The van der Waals surface area contributed by atoms with Gasteiger partial charge in [0.2, 0.25) is 5.91 Å². The number of nitrogens with zero attached hydrogens (tertiary/aromatic N) is 1. The van der Waals surface area contributed by atoms with Crippen LogP contribution in [0.4, 0.5) is 0 Å². The van der Waals surface area contributed by atoms with Crippen LogP contribution in [0.1, 0.15) is 39.5 Å². The van der Waals surface area contributed by atoms with Crippen LogP contribution in [0.25, 0.3) is 0 Å². The van der Waals surface area contributed by atoms with E-state index in [9.17, 15) is 4.79 Å². The highest BCUT2D eigenvalue weighted by Crippen LogP contribution is 2.16. The number of likely N-dealkylation sites (tertiary alicyclic amines) is 1. The lowest BCUT2D eigenvalue weighted by molar-refractivity contribution is -0.132. The number of rotatable bonds is 2. The fourth-order valence-electron chi connectivity index (χ4n) is 1.79. The topological polar surface area (TPSA) is 20.3 Å². The third-order valence-electron chi connectivity index (χ3n) is 2.47. The second-order valence-corrected chi connectivity index (χ2v) is 3.84. The second-order valence-electron chi connectivity index (χ2n) is 3.84. The maximum atomic E-state index is 11.5. The van der Waals surface area contributed by atoms with Gasteiger partial charge in [-0.2, -0.15) is 0 Å². The molecule has 0 bridgehead atoms. The average molecular weight is 169 g/mol. The number of hydrogen-bond donors (Lipinski definition) is 0. The Bertz CT molecular complexity index is 156. The summed E-state index contributed by atoms with van der Waals surface area (Å²) >= 11 is 0. The molecule has 1 aliphatic heterocycles. The van der Waals surface area contributed by atoms with Crippen LogP contribution in [-0.4, -0.2) is 23.9 Å². The molecule has 1 atom stereocenters. The summed E-state index contributed by atoms with van der Waals surface area (Å²) in [4.78, 5) is 13.5. The number of hydrogen-bond acceptors (Lipinski definition) is 1. The van der Waals surface area contributed by atoms with Crippen molar-refractivity contribution >= 4 is 5.91 Å². The quantitative estimate of drug-likeness (QED) is 0.619. The molecular weight excluding hydrogens is 150 g/mol. The van der Waals surface area contributed by atoms with Crippen LogP contribution in [0, 0.1) is 5.92 Å². The first-order chi connectivity index (χ1) is 5.74. The highest BCUT2D eigenvalue weighted by atomic mass is 16.2. The maximum absolute atomic E-state index is 11.5. The highest BCUT2D eigenvalue weighted by molar-refractivity contribution is 5.76. The van der Waals surface area contributed by atoms with Gasteiger partial charge in [0, 0.05) is 19.5 Å². The smallest absolute Gasteiger partial charge is 0.222 e. The predicted octanol–water partition coefficient (Wildman–Crippen LogP) is 2.04. The monoisotopic (exact) mass is 169 g/mol. The van der Waals surface area contributed by atoms with Gasteiger partial charge >= 0.3 is 0 Å². The Balaban J connectivity index is 2.35. The molecule has 2 heteroatoms. The first-order valence-corrected chi connectivity index (χ1v) is 5.01. The third-order valence-corrected chi connectivity index (χ3v) is 2.47. The zero-order chi connectivity index (χ0) is 8.97. The molecule has 70 valence electrons. The molecule has 0 spiro atoms. The van der Waals surface area contributed by atoms with Gasteiger partial charge in [0.15, 0.2) is 0 Å². The second kappa shape index (κ2) is 4.48. The van der Waals surface area contributed by atoms with Crippen LogP contribution >= 0.6 is 0 Å². The van der Waals surface area contributed by atoms with Crippen molar-refractivity contribution in [3.63, 3.8) is 0 Å². The van der Waals surface area contributed by atoms with Gasteiger partial charge in [-0.25, -0.2) is 0 Å². The van der Waals surface area contributed by atoms with Crippen molar-refractivity contribution in [1.82, 2.24) is 4.90 Å². The predicted molar refractivity (Wildman–Crippen MR) is 49.9 cm³/mol. The van der Waals surface area contributed by atoms with E-state index in [1.807, 2.05) is 4.90 Å². The third kappa shape index (κ3) is 2.50. The van der Waals surface area contributed by atoms with E-state index in [0.29, 0.717) is 11.8 Å². The molecule has 1 fully saturated rings. The van der Waals surface area contributed by atoms with E-state index < -0.39 is 0 Å². The Morgan fingerprint density at radius 2 is 2.33 bits per heavy atom. The fourth-order valence-corrected chi connectivity index (χ4v) is 1.79. The summed E-state index contributed by atoms with van der Waals surface area (Å²) in [5.41, 5.74) is 0. The van der Waals surface area contributed by atoms with Crippen molar-refractivity contribution in [2.75, 3.05) is 13.1 Å². The fraction of sp³-hybridized carbons (Fsp3) is 0.900. The molecule has 1 heterocycles. The van der Waals surface area contributed by atoms with Gasteiger partial charge in [0.1, 0.15) is 0 Å².